The molecule has 0 radical (unpaired) electrons. The van der Waals surface area contributed by atoms with Crippen molar-refractivity contribution >= 4 is 34.2 Å². The van der Waals surface area contributed by atoms with E-state index in [1.54, 1.807) is 24.4 Å². The monoisotopic (exact) mass is 473 g/mol. The number of hydrogen-bond acceptors (Lipinski definition) is 5. The number of anilines is 1. The number of H-pyrrole nitrogens is 1. The number of ether oxygens (including phenoxy) is 1. The summed E-state index contributed by atoms with van der Waals surface area (Å²) in [5, 5.41) is 20.1. The molecule has 1 amide bonds. The Morgan fingerprint density at radius 1 is 1.27 bits per heavy atom. The van der Waals surface area contributed by atoms with Crippen molar-refractivity contribution in [3.8, 4) is 17.0 Å². The molecule has 2 aromatic carbocycles. The Balaban J connectivity index is 1.50. The number of imidazole rings is 1. The average molecular weight is 474 g/mol. The Hall–Kier alpha value is -3.50. The molecule has 5 rings (SSSR count). The van der Waals surface area contributed by atoms with E-state index in [9.17, 15) is 18.7 Å². The summed E-state index contributed by atoms with van der Waals surface area (Å²) in [6, 6.07) is 10.6. The lowest BCUT2D eigenvalue weighted by Crippen LogP contribution is -2.16. The van der Waals surface area contributed by atoms with Crippen LogP contribution < -0.4 is 10.1 Å². The van der Waals surface area contributed by atoms with E-state index in [0.717, 1.165) is 17.5 Å². The maximum atomic E-state index is 13.0. The first-order valence-corrected chi connectivity index (χ1v) is 10.6. The van der Waals surface area contributed by atoms with Crippen molar-refractivity contribution < 1.29 is 23.4 Å². The lowest BCUT2D eigenvalue weighted by atomic mass is 10.0. The van der Waals surface area contributed by atoms with Crippen molar-refractivity contribution in [3.05, 3.63) is 60.0 Å². The molecule has 8 nitrogen and oxygen atoms in total. The fourth-order valence-electron chi connectivity index (χ4n) is 4.02. The van der Waals surface area contributed by atoms with Gasteiger partial charge in [0, 0.05) is 41.2 Å². The predicted molar refractivity (Wildman–Crippen MR) is 117 cm³/mol. The molecule has 1 aliphatic rings. The number of hydrogen-bond donors (Lipinski definition) is 3. The number of aliphatic hydroxyl groups excluding tert-OH is 1. The van der Waals surface area contributed by atoms with Crippen molar-refractivity contribution in [2.75, 3.05) is 5.32 Å². The standard InChI is InChI=1S/C22H18ClF2N5O3/c23-22(24,25)33-14-5-3-13(4-6-14)27-21(32)12-10-15(16-7-8-26-29-16)19-17(11-12)28-20-18(31)2-1-9-30(19)20/h3-8,10-11,18,31H,1-2,9H2,(H,26,29)(H,27,32)/t18-/m0/s1. The van der Waals surface area contributed by atoms with Crippen molar-refractivity contribution in [2.45, 2.75) is 31.1 Å². The summed E-state index contributed by atoms with van der Waals surface area (Å²) in [5.74, 6) is 0.0138. The highest BCUT2D eigenvalue weighted by Gasteiger charge is 2.28. The average Bonchev–Trinajstić information content (AvgIpc) is 3.42. The van der Waals surface area contributed by atoms with Gasteiger partial charge < -0.3 is 19.7 Å². The second-order valence-corrected chi connectivity index (χ2v) is 8.11. The summed E-state index contributed by atoms with van der Waals surface area (Å²) < 4.78 is 31.8. The summed E-state index contributed by atoms with van der Waals surface area (Å²) in [6.07, 6.45) is 2.40. The second kappa shape index (κ2) is 8.13. The van der Waals surface area contributed by atoms with Crippen LogP contribution in [0.4, 0.5) is 14.5 Å². The van der Waals surface area contributed by atoms with Crippen molar-refractivity contribution in [3.63, 3.8) is 0 Å². The molecule has 0 spiro atoms. The van der Waals surface area contributed by atoms with Gasteiger partial charge in [-0.25, -0.2) is 4.98 Å². The van der Waals surface area contributed by atoms with E-state index >= 15 is 0 Å². The lowest BCUT2D eigenvalue weighted by molar-refractivity contribution is -0.0964. The van der Waals surface area contributed by atoms with Crippen LogP contribution in [0.2, 0.25) is 0 Å². The number of alkyl halides is 3. The van der Waals surface area contributed by atoms with Crippen LogP contribution in [-0.4, -0.2) is 36.3 Å². The number of amides is 1. The molecule has 0 fully saturated rings. The van der Waals surface area contributed by atoms with Gasteiger partial charge in [0.15, 0.2) is 0 Å². The molecule has 0 unspecified atom stereocenters. The van der Waals surface area contributed by atoms with Gasteiger partial charge in [-0.05, 0) is 55.3 Å². The molecular formula is C22H18ClF2N5O3. The van der Waals surface area contributed by atoms with Gasteiger partial charge in [-0.3, -0.25) is 9.89 Å². The number of aryl methyl sites for hydroxylation is 1. The van der Waals surface area contributed by atoms with Crippen LogP contribution in [0.1, 0.15) is 35.1 Å². The van der Waals surface area contributed by atoms with E-state index in [1.165, 1.54) is 24.3 Å². The summed E-state index contributed by atoms with van der Waals surface area (Å²) in [7, 11) is 0. The highest BCUT2D eigenvalue weighted by Crippen LogP contribution is 2.35. The highest BCUT2D eigenvalue weighted by molar-refractivity contribution is 6.20. The number of rotatable bonds is 5. The molecule has 0 saturated carbocycles. The summed E-state index contributed by atoms with van der Waals surface area (Å²) in [4.78, 5) is 17.6. The van der Waals surface area contributed by atoms with Gasteiger partial charge in [0.05, 0.1) is 16.7 Å². The molecule has 4 aromatic rings. The second-order valence-electron chi connectivity index (χ2n) is 7.67. The van der Waals surface area contributed by atoms with Crippen molar-refractivity contribution in [1.82, 2.24) is 19.7 Å². The molecule has 170 valence electrons. The van der Waals surface area contributed by atoms with E-state index in [4.69, 9.17) is 11.6 Å². The number of carbonyl (C=O) groups is 1. The molecule has 2 aromatic heterocycles. The quantitative estimate of drug-likeness (QED) is 0.365. The normalized spacial score (nSPS) is 15.9. The van der Waals surface area contributed by atoms with Gasteiger partial charge in [0.1, 0.15) is 17.7 Å². The smallest absolute Gasteiger partial charge is 0.420 e. The zero-order chi connectivity index (χ0) is 23.2. The van der Waals surface area contributed by atoms with Crippen LogP contribution in [0.25, 0.3) is 22.3 Å². The van der Waals surface area contributed by atoms with E-state index in [1.807, 2.05) is 4.57 Å². The maximum Gasteiger partial charge on any atom is 0.487 e. The van der Waals surface area contributed by atoms with E-state index in [2.05, 4.69) is 25.2 Å². The number of aliphatic hydroxyl groups is 1. The first-order valence-electron chi connectivity index (χ1n) is 10.2. The minimum Gasteiger partial charge on any atom is -0.420 e. The molecule has 3 heterocycles. The third-order valence-electron chi connectivity index (χ3n) is 5.43. The van der Waals surface area contributed by atoms with E-state index in [-0.39, 0.29) is 5.75 Å². The van der Waals surface area contributed by atoms with E-state index < -0.39 is 17.6 Å². The topological polar surface area (TPSA) is 105 Å². The summed E-state index contributed by atoms with van der Waals surface area (Å²) >= 11 is 4.77. The number of aromatic amines is 1. The maximum absolute atomic E-state index is 13.0. The number of carbonyl (C=O) groups excluding carboxylic acids is 1. The lowest BCUT2D eigenvalue weighted by Gasteiger charge is -2.20. The SMILES string of the molecule is O=C(Nc1ccc(OC(F)(F)Cl)cc1)c1cc(-c2ccn[nH]2)c2c(c1)nc1n2CCC[C@@H]1O. The molecule has 11 heteroatoms. The van der Waals surface area contributed by atoms with Crippen LogP contribution in [0, 0.1) is 0 Å². The Labute approximate surface area is 191 Å². The molecule has 1 aliphatic heterocycles. The highest BCUT2D eigenvalue weighted by atomic mass is 35.5. The molecule has 33 heavy (non-hydrogen) atoms. The van der Waals surface area contributed by atoms with Gasteiger partial charge in [0.2, 0.25) is 0 Å². The van der Waals surface area contributed by atoms with Crippen molar-refractivity contribution in [1.29, 1.82) is 0 Å². The minimum absolute atomic E-state index is 0.141. The number of fused-ring (bicyclic) bond motifs is 3. The molecule has 0 bridgehead atoms. The van der Waals surface area contributed by atoms with E-state index in [0.29, 0.717) is 41.3 Å². The van der Waals surface area contributed by atoms with Crippen LogP contribution in [0.5, 0.6) is 5.75 Å². The third-order valence-corrected chi connectivity index (χ3v) is 5.50. The van der Waals surface area contributed by atoms with Crippen LogP contribution in [0.15, 0.2) is 48.7 Å². The largest absolute Gasteiger partial charge is 0.487 e. The number of aromatic nitrogens is 4. The number of benzene rings is 2. The number of nitrogens with one attached hydrogen (secondary N) is 2. The van der Waals surface area contributed by atoms with Gasteiger partial charge in [0.25, 0.3) is 5.91 Å². The van der Waals surface area contributed by atoms with Gasteiger partial charge in [-0.1, -0.05) is 0 Å². The molecule has 0 aliphatic carbocycles. The van der Waals surface area contributed by atoms with Gasteiger partial charge in [-0.15, -0.1) is 8.78 Å². The van der Waals surface area contributed by atoms with Crippen molar-refractivity contribution in [2.24, 2.45) is 0 Å². The summed E-state index contributed by atoms with van der Waals surface area (Å²) in [5.41, 5.74) is -0.264. The zero-order valence-corrected chi connectivity index (χ0v) is 17.8. The molecular weight excluding hydrogens is 456 g/mol. The zero-order valence-electron chi connectivity index (χ0n) is 17.1. The Kier molecular flexibility index (Phi) is 5.26. The van der Waals surface area contributed by atoms with Gasteiger partial charge >= 0.3 is 5.57 Å². The molecule has 3 N–H and O–H groups in total. The fourth-order valence-corrected chi connectivity index (χ4v) is 4.11. The third kappa shape index (κ3) is 4.27. The first kappa shape index (κ1) is 21.4. The fraction of sp³-hybridized carbons (Fsp3) is 0.227. The van der Waals surface area contributed by atoms with Crippen LogP contribution in [-0.2, 0) is 6.54 Å². The Morgan fingerprint density at radius 3 is 2.76 bits per heavy atom. The number of halogens is 3. The molecule has 1 atom stereocenters. The predicted octanol–water partition coefficient (Wildman–Crippen LogP) is 4.67. The molecule has 0 saturated heterocycles. The number of nitrogens with zero attached hydrogens (tertiary/aromatic N) is 3. The van der Waals surface area contributed by atoms with Crippen LogP contribution >= 0.6 is 11.6 Å². The Bertz CT molecular complexity index is 1320. The van der Waals surface area contributed by atoms with Gasteiger partial charge in [-0.2, -0.15) is 5.10 Å². The van der Waals surface area contributed by atoms with Crippen LogP contribution in [0.3, 0.4) is 0 Å². The summed E-state index contributed by atoms with van der Waals surface area (Å²) in [6.45, 7) is 0.714. The first-order chi connectivity index (χ1) is 15.8. The Morgan fingerprint density at radius 2 is 2.06 bits per heavy atom. The minimum atomic E-state index is -3.82.